The van der Waals surface area contributed by atoms with Crippen LogP contribution in [-0.4, -0.2) is 16.0 Å². The minimum Gasteiger partial charge on any atom is -0.326 e. The fourth-order valence-corrected chi connectivity index (χ4v) is 6.63. The third kappa shape index (κ3) is 5.06. The Balaban J connectivity index is 1.33. The Labute approximate surface area is 230 Å². The van der Waals surface area contributed by atoms with Crippen LogP contribution < -0.4 is 5.32 Å². The minimum absolute atomic E-state index is 0.150. The normalized spacial score (nSPS) is 18.4. The smallest absolute Gasteiger partial charge is 0.231 e. The Morgan fingerprint density at radius 1 is 0.914 bits per heavy atom. The molecular weight excluding hydrogens is 568 g/mol. The molecule has 2 unspecified atom stereocenters. The first kappa shape index (κ1) is 24.9. The number of fused-ring (bicyclic) bond motifs is 1. The van der Waals surface area contributed by atoms with E-state index in [1.165, 1.54) is 0 Å². The molecule has 0 spiro atoms. The quantitative estimate of drug-likeness (QED) is 0.182. The van der Waals surface area contributed by atoms with Crippen LogP contribution in [0.4, 0.5) is 5.69 Å². The van der Waals surface area contributed by atoms with Crippen LogP contribution in [0.5, 0.6) is 0 Å². The molecule has 9 heteroatoms. The second-order valence-electron chi connectivity index (χ2n) is 8.41. The number of amides is 1. The zero-order valence-corrected chi connectivity index (χ0v) is 22.4. The van der Waals surface area contributed by atoms with Gasteiger partial charge in [-0.2, -0.15) is 0 Å². The Hall–Kier alpha value is -1.79. The van der Waals surface area contributed by atoms with Gasteiger partial charge >= 0.3 is 0 Å². The van der Waals surface area contributed by atoms with Gasteiger partial charge in [-0.1, -0.05) is 40.9 Å². The maximum atomic E-state index is 13.0. The maximum absolute atomic E-state index is 13.0. The first-order chi connectivity index (χ1) is 16.6. The fraction of sp³-hybridized carbons (Fsp3) is 0.154. The van der Waals surface area contributed by atoms with Gasteiger partial charge in [0, 0.05) is 38.3 Å². The van der Waals surface area contributed by atoms with Crippen LogP contribution >= 0.6 is 69.3 Å². The van der Waals surface area contributed by atoms with Gasteiger partial charge in [0.05, 0.1) is 10.9 Å². The number of nitrogens with one attached hydrogen (secondary N) is 1. The van der Waals surface area contributed by atoms with Crippen LogP contribution in [0.1, 0.15) is 27.4 Å². The SMILES string of the molecule is O=C(Cc1ccc2sccc2c1)c1cc(NC(=O)C2C(c3cc(Cl)cc(Cl)c3)C2(Cl)Cl)ccc1Cl. The van der Waals surface area contributed by atoms with Gasteiger partial charge in [0.15, 0.2) is 5.78 Å². The molecule has 3 nitrogen and oxygen atoms in total. The Morgan fingerprint density at radius 3 is 2.40 bits per heavy atom. The molecule has 0 saturated heterocycles. The molecule has 1 heterocycles. The number of anilines is 1. The molecule has 3 aromatic carbocycles. The van der Waals surface area contributed by atoms with Gasteiger partial charge in [0.25, 0.3) is 0 Å². The molecule has 1 aliphatic carbocycles. The number of alkyl halides is 2. The third-order valence-electron chi connectivity index (χ3n) is 6.00. The maximum Gasteiger partial charge on any atom is 0.231 e. The summed E-state index contributed by atoms with van der Waals surface area (Å²) < 4.78 is -0.138. The summed E-state index contributed by atoms with van der Waals surface area (Å²) in [5.41, 5.74) is 2.32. The first-order valence-corrected chi connectivity index (χ1v) is 13.3. The predicted octanol–water partition coefficient (Wildman–Crippen LogP) is 8.81. The lowest BCUT2D eigenvalue weighted by molar-refractivity contribution is -0.117. The lowest BCUT2D eigenvalue weighted by atomic mass is 10.0. The number of halogens is 5. The molecule has 1 aliphatic rings. The number of Topliss-reactive ketones (excluding diaryl/α,β-unsaturated/α-hetero) is 1. The molecule has 5 rings (SSSR count). The monoisotopic (exact) mass is 581 g/mol. The average Bonchev–Trinajstić information content (AvgIpc) is 3.11. The summed E-state index contributed by atoms with van der Waals surface area (Å²) >= 11 is 33.1. The van der Waals surface area contributed by atoms with E-state index in [9.17, 15) is 9.59 Å². The molecule has 178 valence electrons. The number of thiophene rings is 1. The van der Waals surface area contributed by atoms with E-state index >= 15 is 0 Å². The standard InChI is InChI=1S/C26H16Cl5NO2S/c27-16-9-15(10-17(28)11-16)23-24(26(23,30)31)25(34)32-18-2-3-20(29)19(12-18)21(33)8-13-1-4-22-14(7-13)5-6-35-22/h1-7,9-12,23-24H,8H2,(H,32,34). The van der Waals surface area contributed by atoms with Crippen molar-refractivity contribution in [3.8, 4) is 0 Å². The van der Waals surface area contributed by atoms with Gasteiger partial charge in [-0.25, -0.2) is 0 Å². The van der Waals surface area contributed by atoms with E-state index in [4.69, 9.17) is 58.0 Å². The van der Waals surface area contributed by atoms with Crippen molar-refractivity contribution < 1.29 is 9.59 Å². The van der Waals surface area contributed by atoms with Gasteiger partial charge < -0.3 is 5.32 Å². The lowest BCUT2D eigenvalue weighted by Crippen LogP contribution is -2.17. The largest absolute Gasteiger partial charge is 0.326 e. The molecule has 0 aliphatic heterocycles. The highest BCUT2D eigenvalue weighted by molar-refractivity contribution is 7.17. The van der Waals surface area contributed by atoms with E-state index < -0.39 is 16.2 Å². The zero-order valence-electron chi connectivity index (χ0n) is 17.8. The fourth-order valence-electron chi connectivity index (χ4n) is 4.27. The molecular formula is C26H16Cl5NO2S. The summed E-state index contributed by atoms with van der Waals surface area (Å²) in [7, 11) is 0. The highest BCUT2D eigenvalue weighted by Gasteiger charge is 2.67. The molecule has 1 amide bonds. The first-order valence-electron chi connectivity index (χ1n) is 10.6. The zero-order chi connectivity index (χ0) is 24.9. The van der Waals surface area contributed by atoms with Gasteiger partial charge in [0.2, 0.25) is 5.91 Å². The summed E-state index contributed by atoms with van der Waals surface area (Å²) in [6.45, 7) is 0. The molecule has 35 heavy (non-hydrogen) atoms. The minimum atomic E-state index is -1.30. The number of hydrogen-bond donors (Lipinski definition) is 1. The van der Waals surface area contributed by atoms with E-state index in [1.807, 2.05) is 29.6 Å². The molecule has 4 aromatic rings. The number of rotatable bonds is 6. The predicted molar refractivity (Wildman–Crippen MR) is 147 cm³/mol. The van der Waals surface area contributed by atoms with E-state index in [0.29, 0.717) is 31.9 Å². The second-order valence-corrected chi connectivity index (χ2v) is 12.1. The molecule has 0 radical (unpaired) electrons. The number of carbonyl (C=O) groups excluding carboxylic acids is 2. The highest BCUT2D eigenvalue weighted by Crippen LogP contribution is 2.65. The van der Waals surface area contributed by atoms with E-state index in [-0.39, 0.29) is 18.1 Å². The van der Waals surface area contributed by atoms with Crippen molar-refractivity contribution in [2.24, 2.45) is 5.92 Å². The van der Waals surface area contributed by atoms with Gasteiger partial charge in [0.1, 0.15) is 4.33 Å². The molecule has 1 aromatic heterocycles. The van der Waals surface area contributed by atoms with Crippen LogP contribution in [0.2, 0.25) is 15.1 Å². The van der Waals surface area contributed by atoms with Crippen molar-refractivity contribution in [3.63, 3.8) is 0 Å². The van der Waals surface area contributed by atoms with Crippen LogP contribution in [0.25, 0.3) is 10.1 Å². The second kappa shape index (κ2) is 9.59. The van der Waals surface area contributed by atoms with Crippen molar-refractivity contribution in [1.82, 2.24) is 0 Å². The van der Waals surface area contributed by atoms with E-state index in [0.717, 1.165) is 15.6 Å². The van der Waals surface area contributed by atoms with Crippen molar-refractivity contribution >= 4 is 96.8 Å². The summed E-state index contributed by atoms with van der Waals surface area (Å²) in [5.74, 6) is -1.71. The van der Waals surface area contributed by atoms with E-state index in [1.54, 1.807) is 47.7 Å². The Bertz CT molecular complexity index is 1460. The molecule has 1 saturated carbocycles. The highest BCUT2D eigenvalue weighted by atomic mass is 35.5. The summed E-state index contributed by atoms with van der Waals surface area (Å²) in [6.07, 6.45) is 0.190. The van der Waals surface area contributed by atoms with Gasteiger partial charge in [-0.05, 0) is 76.5 Å². The summed E-state index contributed by atoms with van der Waals surface area (Å²) in [4.78, 5) is 26.1. The van der Waals surface area contributed by atoms with Gasteiger partial charge in [-0.3, -0.25) is 9.59 Å². The van der Waals surface area contributed by atoms with Crippen molar-refractivity contribution in [2.75, 3.05) is 5.32 Å². The van der Waals surface area contributed by atoms with E-state index in [2.05, 4.69) is 5.32 Å². The number of carbonyl (C=O) groups is 2. The summed E-state index contributed by atoms with van der Waals surface area (Å²) in [6, 6.07) is 17.7. The number of benzene rings is 3. The van der Waals surface area contributed by atoms with Crippen molar-refractivity contribution in [3.05, 3.63) is 97.8 Å². The van der Waals surface area contributed by atoms with Crippen LogP contribution in [0.15, 0.2) is 66.0 Å². The van der Waals surface area contributed by atoms with Crippen LogP contribution in [0.3, 0.4) is 0 Å². The molecule has 1 fully saturated rings. The third-order valence-corrected chi connectivity index (χ3v) is 8.60. The van der Waals surface area contributed by atoms with Crippen molar-refractivity contribution in [1.29, 1.82) is 0 Å². The topological polar surface area (TPSA) is 46.2 Å². The molecule has 2 atom stereocenters. The number of ketones is 1. The lowest BCUT2D eigenvalue weighted by Gasteiger charge is -2.09. The molecule has 1 N–H and O–H groups in total. The average molecular weight is 584 g/mol. The van der Waals surface area contributed by atoms with Crippen LogP contribution in [0, 0.1) is 5.92 Å². The number of hydrogen-bond acceptors (Lipinski definition) is 3. The Morgan fingerprint density at radius 2 is 1.66 bits per heavy atom. The summed E-state index contributed by atoms with van der Waals surface area (Å²) in [5, 5.41) is 7.10. The Kier molecular flexibility index (Phi) is 6.82. The molecule has 0 bridgehead atoms. The van der Waals surface area contributed by atoms with Crippen molar-refractivity contribution in [2.45, 2.75) is 16.7 Å². The van der Waals surface area contributed by atoms with Gasteiger partial charge in [-0.15, -0.1) is 34.5 Å². The van der Waals surface area contributed by atoms with Crippen LogP contribution in [-0.2, 0) is 11.2 Å².